The Labute approximate surface area is 147 Å². The first-order valence-electron chi connectivity index (χ1n) is 7.65. The van der Waals surface area contributed by atoms with Crippen molar-refractivity contribution in [3.8, 4) is 17.2 Å². The summed E-state index contributed by atoms with van der Waals surface area (Å²) >= 11 is 1.37. The van der Waals surface area contributed by atoms with Crippen molar-refractivity contribution in [1.29, 1.82) is 0 Å². The van der Waals surface area contributed by atoms with E-state index in [0.717, 1.165) is 11.1 Å². The van der Waals surface area contributed by atoms with Gasteiger partial charge in [-0.3, -0.25) is 4.79 Å². The minimum absolute atomic E-state index is 0.0393. The van der Waals surface area contributed by atoms with Crippen molar-refractivity contribution < 1.29 is 14.3 Å². The number of aromatic nitrogens is 1. The Morgan fingerprint density at radius 2 is 2.08 bits per heavy atom. The maximum absolute atomic E-state index is 12.2. The molecule has 124 valence electrons. The average molecular weight is 350 g/mol. The Hall–Kier alpha value is -3.12. The molecule has 2 aromatic carbocycles. The zero-order valence-corrected chi connectivity index (χ0v) is 14.1. The third-order valence-corrected chi connectivity index (χ3v) is 4.64. The Kier molecular flexibility index (Phi) is 3.74. The lowest BCUT2D eigenvalue weighted by molar-refractivity contribution is 0.103. The molecule has 4 aromatic rings. The van der Waals surface area contributed by atoms with Gasteiger partial charge in [-0.2, -0.15) is 0 Å². The summed E-state index contributed by atoms with van der Waals surface area (Å²) in [6, 6.07) is 14.1. The summed E-state index contributed by atoms with van der Waals surface area (Å²) in [5, 5.41) is 14.8. The molecule has 0 saturated carbocycles. The Bertz CT molecular complexity index is 1070. The summed E-state index contributed by atoms with van der Waals surface area (Å²) in [5.41, 5.74) is 3.44. The lowest BCUT2D eigenvalue weighted by atomic mass is 10.1. The molecule has 0 aliphatic heterocycles. The van der Waals surface area contributed by atoms with Crippen molar-refractivity contribution in [3.05, 3.63) is 64.4 Å². The summed E-state index contributed by atoms with van der Waals surface area (Å²) in [4.78, 5) is 17.2. The molecule has 0 radical (unpaired) electrons. The van der Waals surface area contributed by atoms with Crippen LogP contribution in [-0.4, -0.2) is 16.0 Å². The van der Waals surface area contributed by atoms with Gasteiger partial charge in [0.15, 0.2) is 5.58 Å². The third kappa shape index (κ3) is 2.99. The minimum atomic E-state index is -0.195. The van der Waals surface area contributed by atoms with E-state index in [9.17, 15) is 9.90 Å². The highest BCUT2D eigenvalue weighted by Gasteiger charge is 2.15. The second-order valence-corrected chi connectivity index (χ2v) is 6.60. The molecule has 2 heterocycles. The van der Waals surface area contributed by atoms with Gasteiger partial charge in [0.1, 0.15) is 11.3 Å². The van der Waals surface area contributed by atoms with Gasteiger partial charge in [0, 0.05) is 5.69 Å². The number of hydrogen-bond acceptors (Lipinski definition) is 5. The van der Waals surface area contributed by atoms with E-state index in [0.29, 0.717) is 27.6 Å². The van der Waals surface area contributed by atoms with E-state index in [-0.39, 0.29) is 11.7 Å². The van der Waals surface area contributed by atoms with Crippen molar-refractivity contribution in [2.24, 2.45) is 0 Å². The molecule has 25 heavy (non-hydrogen) atoms. The molecule has 0 saturated heterocycles. The van der Waals surface area contributed by atoms with Crippen LogP contribution in [0.1, 0.15) is 15.2 Å². The van der Waals surface area contributed by atoms with Gasteiger partial charge < -0.3 is 14.8 Å². The number of nitrogens with one attached hydrogen (secondary N) is 1. The highest BCUT2D eigenvalue weighted by atomic mass is 32.1. The summed E-state index contributed by atoms with van der Waals surface area (Å²) in [5.74, 6) is 0.155. The number of anilines is 1. The van der Waals surface area contributed by atoms with Gasteiger partial charge >= 0.3 is 0 Å². The summed E-state index contributed by atoms with van der Waals surface area (Å²) < 4.78 is 5.74. The monoisotopic (exact) mass is 350 g/mol. The molecular formula is C19H14N2O3S. The lowest BCUT2D eigenvalue weighted by Gasteiger charge is -2.06. The van der Waals surface area contributed by atoms with Gasteiger partial charge in [-0.15, -0.1) is 11.3 Å². The minimum Gasteiger partial charge on any atom is -0.507 e. The van der Waals surface area contributed by atoms with Gasteiger partial charge in [0.2, 0.25) is 5.89 Å². The van der Waals surface area contributed by atoms with E-state index in [1.807, 2.05) is 36.6 Å². The molecule has 0 aliphatic rings. The molecule has 0 spiro atoms. The third-order valence-electron chi connectivity index (χ3n) is 3.77. The molecule has 0 unspecified atom stereocenters. The molecule has 2 aromatic heterocycles. The van der Waals surface area contributed by atoms with Crippen LogP contribution in [0.2, 0.25) is 0 Å². The zero-order chi connectivity index (χ0) is 17.4. The van der Waals surface area contributed by atoms with E-state index < -0.39 is 0 Å². The van der Waals surface area contributed by atoms with Gasteiger partial charge in [0.05, 0.1) is 10.4 Å². The number of phenolic OH excluding ortho intramolecular Hbond substituents is 1. The number of thiophene rings is 1. The number of aryl methyl sites for hydroxylation is 1. The van der Waals surface area contributed by atoms with Crippen molar-refractivity contribution >= 4 is 34.0 Å². The van der Waals surface area contributed by atoms with Crippen molar-refractivity contribution in [3.63, 3.8) is 0 Å². The fourth-order valence-corrected chi connectivity index (χ4v) is 3.16. The second-order valence-electron chi connectivity index (χ2n) is 5.65. The summed E-state index contributed by atoms with van der Waals surface area (Å²) in [6.45, 7) is 1.98. The number of fused-ring (bicyclic) bond motifs is 1. The fourth-order valence-electron chi connectivity index (χ4n) is 2.54. The molecular weight excluding hydrogens is 336 g/mol. The number of rotatable bonds is 3. The molecule has 4 rings (SSSR count). The van der Waals surface area contributed by atoms with E-state index in [1.54, 1.807) is 18.2 Å². The lowest BCUT2D eigenvalue weighted by Crippen LogP contribution is -2.09. The zero-order valence-electron chi connectivity index (χ0n) is 13.3. The number of nitrogens with zero attached hydrogens (tertiary/aromatic N) is 1. The Morgan fingerprint density at radius 1 is 1.20 bits per heavy atom. The first-order valence-corrected chi connectivity index (χ1v) is 8.53. The fraction of sp³-hybridized carbons (Fsp3) is 0.0526. The van der Waals surface area contributed by atoms with Crippen LogP contribution in [0.25, 0.3) is 22.6 Å². The predicted octanol–water partition coefficient (Wildman–Crippen LogP) is 4.82. The quantitative estimate of drug-likeness (QED) is 0.519. The van der Waals surface area contributed by atoms with Crippen LogP contribution in [0.15, 0.2) is 58.3 Å². The summed E-state index contributed by atoms with van der Waals surface area (Å²) in [6.07, 6.45) is 0. The Balaban J connectivity index is 1.70. The van der Waals surface area contributed by atoms with E-state index in [1.165, 1.54) is 17.4 Å². The second kappa shape index (κ2) is 6.07. The number of amides is 1. The first-order chi connectivity index (χ1) is 12.1. The van der Waals surface area contributed by atoms with Crippen LogP contribution in [-0.2, 0) is 0 Å². The molecule has 5 nitrogen and oxygen atoms in total. The summed E-state index contributed by atoms with van der Waals surface area (Å²) in [7, 11) is 0. The van der Waals surface area contributed by atoms with Crippen LogP contribution in [0.3, 0.4) is 0 Å². The largest absolute Gasteiger partial charge is 0.507 e. The number of carbonyl (C=O) groups is 1. The molecule has 2 N–H and O–H groups in total. The molecule has 0 atom stereocenters. The maximum atomic E-state index is 12.2. The van der Waals surface area contributed by atoms with Gasteiger partial charge in [-0.1, -0.05) is 12.1 Å². The van der Waals surface area contributed by atoms with Crippen LogP contribution < -0.4 is 5.32 Å². The number of hydrogen-bond donors (Lipinski definition) is 2. The predicted molar refractivity (Wildman–Crippen MR) is 98.1 cm³/mol. The smallest absolute Gasteiger partial charge is 0.265 e. The van der Waals surface area contributed by atoms with Crippen LogP contribution in [0, 0.1) is 6.92 Å². The SMILES string of the molecule is Cc1ccc2oc(-c3cc(NC(=O)c4cccs4)ccc3O)nc2c1. The molecule has 0 bridgehead atoms. The Morgan fingerprint density at radius 3 is 2.88 bits per heavy atom. The highest BCUT2D eigenvalue weighted by molar-refractivity contribution is 7.12. The maximum Gasteiger partial charge on any atom is 0.265 e. The highest BCUT2D eigenvalue weighted by Crippen LogP contribution is 2.33. The number of phenols is 1. The van der Waals surface area contributed by atoms with E-state index in [2.05, 4.69) is 10.3 Å². The number of aromatic hydroxyl groups is 1. The van der Waals surface area contributed by atoms with Gasteiger partial charge in [-0.05, 0) is 54.3 Å². The van der Waals surface area contributed by atoms with Crippen LogP contribution >= 0.6 is 11.3 Å². The van der Waals surface area contributed by atoms with E-state index in [4.69, 9.17) is 4.42 Å². The van der Waals surface area contributed by atoms with Crippen LogP contribution in [0.4, 0.5) is 5.69 Å². The van der Waals surface area contributed by atoms with Crippen molar-refractivity contribution in [2.75, 3.05) is 5.32 Å². The topological polar surface area (TPSA) is 75.4 Å². The molecule has 0 fully saturated rings. The van der Waals surface area contributed by atoms with Crippen molar-refractivity contribution in [1.82, 2.24) is 4.98 Å². The van der Waals surface area contributed by atoms with Gasteiger partial charge in [0.25, 0.3) is 5.91 Å². The number of oxazole rings is 1. The standard InChI is InChI=1S/C19H14N2O3S/c1-11-4-7-16-14(9-11)21-19(24-16)13-10-12(5-6-15(13)22)20-18(23)17-3-2-8-25-17/h2-10,22H,1H3,(H,20,23). The normalized spacial score (nSPS) is 10.9. The van der Waals surface area contributed by atoms with E-state index >= 15 is 0 Å². The van der Waals surface area contributed by atoms with Crippen molar-refractivity contribution in [2.45, 2.75) is 6.92 Å². The molecule has 6 heteroatoms. The number of carbonyl (C=O) groups excluding carboxylic acids is 1. The number of benzene rings is 2. The van der Waals surface area contributed by atoms with Gasteiger partial charge in [-0.25, -0.2) is 4.98 Å². The first kappa shape index (κ1) is 15.4. The van der Waals surface area contributed by atoms with Crippen LogP contribution in [0.5, 0.6) is 5.75 Å². The molecule has 1 amide bonds. The molecule has 0 aliphatic carbocycles. The average Bonchev–Trinajstić information content (AvgIpc) is 3.25.